The first-order chi connectivity index (χ1) is 8.66. The number of halogens is 1. The Hall–Kier alpha value is -0.920. The lowest BCUT2D eigenvalue weighted by molar-refractivity contribution is 0.0939. The first kappa shape index (κ1) is 16.1. The first-order valence-corrected chi connectivity index (χ1v) is 8.14. The highest BCUT2D eigenvalue weighted by Gasteiger charge is 2.18. The van der Waals surface area contributed by atoms with E-state index in [2.05, 4.69) is 21.2 Å². The maximum atomic E-state index is 12.0. The Morgan fingerprint density at radius 2 is 2.05 bits per heavy atom. The summed E-state index contributed by atoms with van der Waals surface area (Å²) in [5.41, 5.74) is 0.754. The smallest absolute Gasteiger partial charge is 0.251 e. The molecule has 1 amide bonds. The second-order valence-corrected chi connectivity index (χ2v) is 6.79. The number of nitrogens with one attached hydrogen (secondary N) is 1. The van der Waals surface area contributed by atoms with Gasteiger partial charge in [-0.3, -0.25) is 4.79 Å². The van der Waals surface area contributed by atoms with Gasteiger partial charge in [0.2, 0.25) is 10.0 Å². The van der Waals surface area contributed by atoms with E-state index in [4.69, 9.17) is 5.14 Å². The number of hydrogen-bond donors (Lipinski definition) is 2. The molecule has 106 valence electrons. The quantitative estimate of drug-likeness (QED) is 0.870. The van der Waals surface area contributed by atoms with Crippen LogP contribution >= 0.6 is 15.9 Å². The molecule has 1 atom stereocenters. The number of amides is 1. The molecule has 0 bridgehead atoms. The van der Waals surface area contributed by atoms with Crippen molar-refractivity contribution in [3.8, 4) is 0 Å². The average molecular weight is 349 g/mol. The highest BCUT2D eigenvalue weighted by molar-refractivity contribution is 9.10. The van der Waals surface area contributed by atoms with Crippen molar-refractivity contribution in [1.29, 1.82) is 0 Å². The van der Waals surface area contributed by atoms with Crippen LogP contribution in [0.25, 0.3) is 0 Å². The molecule has 5 nitrogen and oxygen atoms in total. The summed E-state index contributed by atoms with van der Waals surface area (Å²) in [6.07, 6.45) is 0.792. The molecule has 19 heavy (non-hydrogen) atoms. The molecular formula is C12H17BrN2O3S. The van der Waals surface area contributed by atoms with Crippen LogP contribution in [-0.4, -0.2) is 20.4 Å². The zero-order valence-electron chi connectivity index (χ0n) is 11.0. The van der Waals surface area contributed by atoms with Crippen LogP contribution in [0.5, 0.6) is 0 Å². The number of rotatable bonds is 4. The topological polar surface area (TPSA) is 89.3 Å². The Balaban J connectivity index is 3.25. The van der Waals surface area contributed by atoms with Gasteiger partial charge in [-0.1, -0.05) is 22.9 Å². The summed E-state index contributed by atoms with van der Waals surface area (Å²) >= 11 is 3.24. The van der Waals surface area contributed by atoms with E-state index in [-0.39, 0.29) is 22.4 Å². The van der Waals surface area contributed by atoms with Crippen LogP contribution in [0.1, 0.15) is 36.2 Å². The van der Waals surface area contributed by atoms with Crippen LogP contribution in [-0.2, 0) is 10.0 Å². The van der Waals surface area contributed by atoms with Gasteiger partial charge in [-0.25, -0.2) is 13.6 Å². The molecule has 0 aliphatic heterocycles. The lowest BCUT2D eigenvalue weighted by atomic mass is 10.1. The largest absolute Gasteiger partial charge is 0.350 e. The van der Waals surface area contributed by atoms with Crippen LogP contribution in [0.3, 0.4) is 0 Å². The molecule has 7 heteroatoms. The summed E-state index contributed by atoms with van der Waals surface area (Å²) in [7, 11) is -3.86. The third-order valence-electron chi connectivity index (χ3n) is 2.86. The van der Waals surface area contributed by atoms with Gasteiger partial charge in [0.25, 0.3) is 5.91 Å². The van der Waals surface area contributed by atoms with Gasteiger partial charge in [0.1, 0.15) is 0 Å². The van der Waals surface area contributed by atoms with Crippen molar-refractivity contribution in [2.75, 3.05) is 0 Å². The third kappa shape index (κ3) is 4.02. The number of benzene rings is 1. The van der Waals surface area contributed by atoms with E-state index < -0.39 is 10.0 Å². The SMILES string of the molecule is CCC(C)NC(=O)c1cc(Br)c(C)c(S(N)(=O)=O)c1. The zero-order valence-corrected chi connectivity index (χ0v) is 13.4. The second kappa shape index (κ2) is 6.02. The molecule has 0 aliphatic rings. The summed E-state index contributed by atoms with van der Waals surface area (Å²) < 4.78 is 23.5. The van der Waals surface area contributed by atoms with E-state index in [0.717, 1.165) is 6.42 Å². The Morgan fingerprint density at radius 3 is 2.53 bits per heavy atom. The molecule has 0 spiro atoms. The number of hydrogen-bond acceptors (Lipinski definition) is 3. The number of nitrogens with two attached hydrogens (primary N) is 1. The summed E-state index contributed by atoms with van der Waals surface area (Å²) in [6.45, 7) is 5.45. The molecule has 0 radical (unpaired) electrons. The van der Waals surface area contributed by atoms with Crippen molar-refractivity contribution >= 4 is 31.9 Å². The van der Waals surface area contributed by atoms with Crippen LogP contribution in [0.2, 0.25) is 0 Å². The molecule has 1 aromatic rings. The minimum absolute atomic E-state index is 0.0190. The van der Waals surface area contributed by atoms with E-state index in [1.165, 1.54) is 6.07 Å². The van der Waals surface area contributed by atoms with E-state index in [9.17, 15) is 13.2 Å². The standard InChI is InChI=1S/C12H17BrN2O3S/c1-4-7(2)15-12(16)9-5-10(13)8(3)11(6-9)19(14,17)18/h5-7H,4H2,1-3H3,(H,15,16)(H2,14,17,18). The normalized spacial score (nSPS) is 13.1. The van der Waals surface area contributed by atoms with E-state index in [1.54, 1.807) is 13.0 Å². The summed E-state index contributed by atoms with van der Waals surface area (Å²) in [5.74, 6) is -0.319. The fraction of sp³-hybridized carbons (Fsp3) is 0.417. The molecule has 3 N–H and O–H groups in total. The van der Waals surface area contributed by atoms with Gasteiger partial charge in [0.15, 0.2) is 0 Å². The molecule has 0 fully saturated rings. The molecular weight excluding hydrogens is 332 g/mol. The minimum atomic E-state index is -3.86. The van der Waals surface area contributed by atoms with E-state index in [1.807, 2.05) is 13.8 Å². The molecule has 0 heterocycles. The van der Waals surface area contributed by atoms with Gasteiger partial charge in [-0.2, -0.15) is 0 Å². The van der Waals surface area contributed by atoms with Gasteiger partial charge < -0.3 is 5.32 Å². The zero-order chi connectivity index (χ0) is 14.8. The number of sulfonamides is 1. The monoisotopic (exact) mass is 348 g/mol. The molecule has 0 saturated heterocycles. The Labute approximate surface area is 121 Å². The maximum absolute atomic E-state index is 12.0. The van der Waals surface area contributed by atoms with Gasteiger partial charge in [-0.15, -0.1) is 0 Å². The second-order valence-electron chi connectivity index (χ2n) is 4.41. The Kier molecular flexibility index (Phi) is 5.11. The van der Waals surface area contributed by atoms with Crippen molar-refractivity contribution in [2.24, 2.45) is 5.14 Å². The lowest BCUT2D eigenvalue weighted by Gasteiger charge is -2.13. The van der Waals surface area contributed by atoms with Crippen molar-refractivity contribution in [2.45, 2.75) is 38.1 Å². The van der Waals surface area contributed by atoms with Gasteiger partial charge >= 0.3 is 0 Å². The maximum Gasteiger partial charge on any atom is 0.251 e. The van der Waals surface area contributed by atoms with E-state index >= 15 is 0 Å². The minimum Gasteiger partial charge on any atom is -0.350 e. The molecule has 0 saturated carbocycles. The fourth-order valence-corrected chi connectivity index (χ4v) is 2.91. The molecule has 1 aromatic carbocycles. The van der Waals surface area contributed by atoms with Crippen LogP contribution in [0.4, 0.5) is 0 Å². The van der Waals surface area contributed by atoms with Crippen molar-refractivity contribution in [3.05, 3.63) is 27.7 Å². The van der Waals surface area contributed by atoms with Crippen LogP contribution in [0.15, 0.2) is 21.5 Å². The van der Waals surface area contributed by atoms with Gasteiger partial charge in [0.05, 0.1) is 4.90 Å². The summed E-state index contributed by atoms with van der Waals surface area (Å²) in [4.78, 5) is 11.9. The fourth-order valence-electron chi connectivity index (χ4n) is 1.49. The molecule has 0 aliphatic carbocycles. The van der Waals surface area contributed by atoms with Crippen LogP contribution < -0.4 is 10.5 Å². The number of carbonyl (C=O) groups is 1. The van der Waals surface area contributed by atoms with Crippen molar-refractivity contribution in [3.63, 3.8) is 0 Å². The van der Waals surface area contributed by atoms with Gasteiger partial charge in [-0.05, 0) is 38.0 Å². The number of carbonyl (C=O) groups excluding carboxylic acids is 1. The molecule has 0 aromatic heterocycles. The highest BCUT2D eigenvalue weighted by atomic mass is 79.9. The average Bonchev–Trinajstić information content (AvgIpc) is 2.30. The molecule has 1 unspecified atom stereocenters. The third-order valence-corrected chi connectivity index (χ3v) is 4.72. The van der Waals surface area contributed by atoms with Crippen molar-refractivity contribution in [1.82, 2.24) is 5.32 Å². The first-order valence-electron chi connectivity index (χ1n) is 5.80. The van der Waals surface area contributed by atoms with E-state index in [0.29, 0.717) is 10.0 Å². The highest BCUT2D eigenvalue weighted by Crippen LogP contribution is 2.25. The summed E-state index contributed by atoms with van der Waals surface area (Å²) in [5, 5.41) is 7.92. The number of primary sulfonamides is 1. The van der Waals surface area contributed by atoms with Crippen molar-refractivity contribution < 1.29 is 13.2 Å². The summed E-state index contributed by atoms with van der Waals surface area (Å²) in [6, 6.07) is 2.90. The molecule has 1 rings (SSSR count). The Morgan fingerprint density at radius 1 is 1.47 bits per heavy atom. The predicted octanol–water partition coefficient (Wildman–Crippen LogP) is 1.93. The van der Waals surface area contributed by atoms with Crippen LogP contribution in [0, 0.1) is 6.92 Å². The Bertz CT molecular complexity index is 599. The lowest BCUT2D eigenvalue weighted by Crippen LogP contribution is -2.32. The van der Waals surface area contributed by atoms with Gasteiger partial charge in [0, 0.05) is 16.1 Å². The predicted molar refractivity (Wildman–Crippen MR) is 77.5 cm³/mol.